The number of imidazole rings is 1. The highest BCUT2D eigenvalue weighted by molar-refractivity contribution is 7.99. The number of fused-ring (bicyclic) bond motifs is 1. The average molecular weight is 252 g/mol. The molecule has 0 fully saturated rings. The van der Waals surface area contributed by atoms with Crippen LogP contribution in [0.4, 0.5) is 0 Å². The first-order valence-electron chi connectivity index (χ1n) is 5.51. The Morgan fingerprint density at radius 3 is 2.65 bits per heavy atom. The Bertz CT molecular complexity index is 557. The maximum Gasteiger partial charge on any atom is 0.330 e. The summed E-state index contributed by atoms with van der Waals surface area (Å²) in [5.74, 6) is 2.18. The lowest BCUT2D eigenvalue weighted by Gasteiger charge is -2.14. The molecule has 2 rings (SSSR count). The normalized spacial score (nSPS) is 11.6. The van der Waals surface area contributed by atoms with E-state index in [9.17, 15) is 4.79 Å². The molecule has 92 valence electrons. The summed E-state index contributed by atoms with van der Waals surface area (Å²) in [5.41, 5.74) is 0.740. The number of aromatic nitrogens is 4. The summed E-state index contributed by atoms with van der Waals surface area (Å²) in [5, 5.41) is 0.898. The first-order valence-corrected chi connectivity index (χ1v) is 6.50. The molecule has 0 aromatic rings. The molecule has 0 radical (unpaired) electrons. The zero-order valence-corrected chi connectivity index (χ0v) is 11.3. The van der Waals surface area contributed by atoms with Crippen LogP contribution in [0.3, 0.4) is 0 Å². The summed E-state index contributed by atoms with van der Waals surface area (Å²) in [7, 11) is 3.50. The highest BCUT2D eigenvalue weighted by Crippen LogP contribution is 2.29. The van der Waals surface area contributed by atoms with Crippen molar-refractivity contribution >= 4 is 11.8 Å². The molecule has 0 N–H and O–H groups in total. The van der Waals surface area contributed by atoms with Crippen LogP contribution < -0.4 is 5.69 Å². The van der Waals surface area contributed by atoms with Gasteiger partial charge in [-0.15, -0.1) is 11.8 Å². The van der Waals surface area contributed by atoms with Gasteiger partial charge in [-0.3, -0.25) is 9.13 Å². The molecule has 6 heteroatoms. The molecule has 0 bridgehead atoms. The number of nitrogens with zero attached hydrogens (tertiary/aromatic N) is 4. The minimum absolute atomic E-state index is 0.0655. The van der Waals surface area contributed by atoms with Crippen LogP contribution in [0, 0.1) is 5.92 Å². The molecule has 0 atom stereocenters. The summed E-state index contributed by atoms with van der Waals surface area (Å²) in [6.07, 6.45) is 1.50. The molecule has 5 nitrogen and oxygen atoms in total. The minimum atomic E-state index is -0.0655. The molecule has 2 heterocycles. The number of rotatable bonds is 3. The smallest absolute Gasteiger partial charge is 0.289 e. The molecule has 0 aliphatic carbocycles. The number of hydrogen-bond acceptors (Lipinski definition) is 4. The summed E-state index contributed by atoms with van der Waals surface area (Å²) < 4.78 is 3.17. The predicted molar refractivity (Wildman–Crippen MR) is 68.4 cm³/mol. The molecular formula is C11H16N4OS. The lowest BCUT2D eigenvalue weighted by molar-refractivity contribution is 0.648. The highest BCUT2D eigenvalue weighted by atomic mass is 32.2. The van der Waals surface area contributed by atoms with E-state index < -0.39 is 0 Å². The Morgan fingerprint density at radius 1 is 1.29 bits per heavy atom. The van der Waals surface area contributed by atoms with Gasteiger partial charge in [0, 0.05) is 19.8 Å². The molecule has 0 aromatic heterocycles. The van der Waals surface area contributed by atoms with Crippen LogP contribution in [0.2, 0.25) is 0 Å². The van der Waals surface area contributed by atoms with Crippen molar-refractivity contribution in [1.82, 2.24) is 19.1 Å². The van der Waals surface area contributed by atoms with Crippen LogP contribution in [0.1, 0.15) is 13.8 Å². The summed E-state index contributed by atoms with van der Waals surface area (Å²) >= 11 is 1.66. The van der Waals surface area contributed by atoms with Gasteiger partial charge in [-0.1, -0.05) is 13.8 Å². The zero-order chi connectivity index (χ0) is 12.6. The van der Waals surface area contributed by atoms with Gasteiger partial charge in [-0.05, 0) is 5.92 Å². The molecule has 0 amide bonds. The SMILES string of the molecule is CC(C)CSc1c2ncnc-2n(C)c(=O)n1C. The molecule has 0 aromatic carbocycles. The van der Waals surface area contributed by atoms with Crippen molar-refractivity contribution in [3.63, 3.8) is 0 Å². The van der Waals surface area contributed by atoms with Gasteiger partial charge in [-0.25, -0.2) is 14.8 Å². The molecule has 0 saturated heterocycles. The lowest BCUT2D eigenvalue weighted by atomic mass is 10.3. The topological polar surface area (TPSA) is 52.7 Å². The van der Waals surface area contributed by atoms with Crippen molar-refractivity contribution in [3.8, 4) is 11.5 Å². The van der Waals surface area contributed by atoms with Crippen LogP contribution in [-0.4, -0.2) is 24.9 Å². The zero-order valence-electron chi connectivity index (χ0n) is 10.5. The Kier molecular flexibility index (Phi) is 3.24. The fourth-order valence-electron chi connectivity index (χ4n) is 1.63. The van der Waals surface area contributed by atoms with Crippen molar-refractivity contribution in [2.24, 2.45) is 20.0 Å². The van der Waals surface area contributed by atoms with E-state index in [1.54, 1.807) is 30.4 Å². The molecule has 17 heavy (non-hydrogen) atoms. The monoisotopic (exact) mass is 252 g/mol. The first kappa shape index (κ1) is 12.2. The summed E-state index contributed by atoms with van der Waals surface area (Å²) in [4.78, 5) is 20.4. The second-order valence-corrected chi connectivity index (χ2v) is 5.47. The van der Waals surface area contributed by atoms with Gasteiger partial charge in [0.1, 0.15) is 17.0 Å². The summed E-state index contributed by atoms with van der Waals surface area (Å²) in [6, 6.07) is 0. The van der Waals surface area contributed by atoms with Gasteiger partial charge < -0.3 is 0 Å². The fourth-order valence-corrected chi connectivity index (χ4v) is 2.67. The van der Waals surface area contributed by atoms with Crippen molar-refractivity contribution in [2.75, 3.05) is 5.75 Å². The average Bonchev–Trinajstić information content (AvgIpc) is 2.74. The van der Waals surface area contributed by atoms with Crippen molar-refractivity contribution in [3.05, 3.63) is 16.8 Å². The van der Waals surface area contributed by atoms with E-state index in [0.717, 1.165) is 16.5 Å². The Hall–Kier alpha value is -1.30. The van der Waals surface area contributed by atoms with Crippen LogP contribution in [0.25, 0.3) is 11.5 Å². The standard InChI is InChI=1S/C11H16N4OS/c1-7(2)5-17-10-8-9(13-6-12-8)14(3)11(16)15(10)4/h6-7H,5H2,1-4H3. The van der Waals surface area contributed by atoms with Crippen molar-refractivity contribution in [1.29, 1.82) is 0 Å². The van der Waals surface area contributed by atoms with Gasteiger partial charge >= 0.3 is 5.69 Å². The molecule has 0 unspecified atom stereocenters. The van der Waals surface area contributed by atoms with E-state index in [2.05, 4.69) is 23.8 Å². The number of hydrogen-bond donors (Lipinski definition) is 0. The third-order valence-electron chi connectivity index (χ3n) is 2.53. The van der Waals surface area contributed by atoms with Crippen LogP contribution in [0.15, 0.2) is 16.1 Å². The Morgan fingerprint density at radius 2 is 2.00 bits per heavy atom. The molecule has 0 saturated carbocycles. The van der Waals surface area contributed by atoms with E-state index in [1.807, 2.05) is 0 Å². The van der Waals surface area contributed by atoms with E-state index in [-0.39, 0.29) is 5.69 Å². The largest absolute Gasteiger partial charge is 0.330 e. The Labute approximate surface area is 104 Å². The summed E-state index contributed by atoms with van der Waals surface area (Å²) in [6.45, 7) is 4.31. The molecule has 2 aliphatic heterocycles. The van der Waals surface area contributed by atoms with Gasteiger partial charge in [0.25, 0.3) is 0 Å². The van der Waals surface area contributed by atoms with Crippen LogP contribution in [-0.2, 0) is 14.1 Å². The maximum atomic E-state index is 12.0. The maximum absolute atomic E-state index is 12.0. The first-order chi connectivity index (χ1) is 8.02. The third kappa shape index (κ3) is 2.09. The second-order valence-electron chi connectivity index (χ2n) is 4.46. The molecular weight excluding hydrogens is 236 g/mol. The third-order valence-corrected chi connectivity index (χ3v) is 4.10. The minimum Gasteiger partial charge on any atom is -0.289 e. The predicted octanol–water partition coefficient (Wildman–Crippen LogP) is 1.37. The highest BCUT2D eigenvalue weighted by Gasteiger charge is 2.19. The molecule has 2 aliphatic rings. The van der Waals surface area contributed by atoms with Gasteiger partial charge in [-0.2, -0.15) is 0 Å². The second kappa shape index (κ2) is 4.52. The van der Waals surface area contributed by atoms with Crippen LogP contribution >= 0.6 is 11.8 Å². The van der Waals surface area contributed by atoms with Crippen molar-refractivity contribution < 1.29 is 0 Å². The fraction of sp³-hybridized carbons (Fsp3) is 0.545. The number of thioether (sulfide) groups is 1. The van der Waals surface area contributed by atoms with E-state index in [0.29, 0.717) is 11.7 Å². The quantitative estimate of drug-likeness (QED) is 0.611. The van der Waals surface area contributed by atoms with Crippen molar-refractivity contribution in [2.45, 2.75) is 18.9 Å². The Balaban J connectivity index is 2.55. The van der Waals surface area contributed by atoms with Gasteiger partial charge in [0.2, 0.25) is 0 Å². The van der Waals surface area contributed by atoms with Crippen LogP contribution in [0.5, 0.6) is 0 Å². The van der Waals surface area contributed by atoms with E-state index in [4.69, 9.17) is 0 Å². The van der Waals surface area contributed by atoms with E-state index in [1.165, 1.54) is 10.9 Å². The lowest BCUT2D eigenvalue weighted by Crippen LogP contribution is -2.30. The molecule has 0 spiro atoms. The van der Waals surface area contributed by atoms with E-state index >= 15 is 0 Å². The van der Waals surface area contributed by atoms with Gasteiger partial charge in [0.05, 0.1) is 0 Å². The van der Waals surface area contributed by atoms with Gasteiger partial charge in [0.15, 0.2) is 5.82 Å².